The molecular formula is C17H21NO2. The summed E-state index contributed by atoms with van der Waals surface area (Å²) in [6.45, 7) is 7.83. The smallest absolute Gasteiger partial charge is 0.127 e. The Morgan fingerprint density at radius 2 is 2.10 bits per heavy atom. The fraction of sp³-hybridized carbons (Fsp3) is 0.412. The van der Waals surface area contributed by atoms with Crippen LogP contribution in [0.4, 0.5) is 0 Å². The van der Waals surface area contributed by atoms with Crippen molar-refractivity contribution in [2.75, 3.05) is 13.2 Å². The Morgan fingerprint density at radius 3 is 2.80 bits per heavy atom. The molecule has 0 amide bonds. The molecule has 106 valence electrons. The molecule has 0 saturated carbocycles. The summed E-state index contributed by atoms with van der Waals surface area (Å²) < 4.78 is 11.6. The summed E-state index contributed by atoms with van der Waals surface area (Å²) in [6, 6.07) is 8.68. The van der Waals surface area contributed by atoms with Gasteiger partial charge in [0.05, 0.1) is 12.6 Å². The van der Waals surface area contributed by atoms with Crippen molar-refractivity contribution in [3.05, 3.63) is 52.5 Å². The van der Waals surface area contributed by atoms with Crippen LogP contribution in [0.1, 0.15) is 41.2 Å². The van der Waals surface area contributed by atoms with Gasteiger partial charge in [-0.05, 0) is 32.0 Å². The van der Waals surface area contributed by atoms with Crippen molar-refractivity contribution >= 4 is 0 Å². The first-order valence-corrected chi connectivity index (χ1v) is 7.25. The van der Waals surface area contributed by atoms with Gasteiger partial charge in [0.15, 0.2) is 0 Å². The normalized spacial score (nSPS) is 14.9. The second kappa shape index (κ2) is 5.33. The topological polar surface area (TPSA) is 34.4 Å². The molecule has 20 heavy (non-hydrogen) atoms. The lowest BCUT2D eigenvalue weighted by molar-refractivity contribution is 0.350. The van der Waals surface area contributed by atoms with Crippen LogP contribution in [-0.4, -0.2) is 13.2 Å². The Bertz CT molecular complexity index is 615. The number of aryl methyl sites for hydroxylation is 2. The Morgan fingerprint density at radius 1 is 1.25 bits per heavy atom. The first-order valence-electron chi connectivity index (χ1n) is 7.25. The van der Waals surface area contributed by atoms with Gasteiger partial charge >= 0.3 is 0 Å². The monoisotopic (exact) mass is 271 g/mol. The molecule has 3 heteroatoms. The van der Waals surface area contributed by atoms with Crippen LogP contribution in [0.3, 0.4) is 0 Å². The average Bonchev–Trinajstić information content (AvgIpc) is 3.02. The molecular weight excluding hydrogens is 250 g/mol. The lowest BCUT2D eigenvalue weighted by Gasteiger charge is -2.20. The van der Waals surface area contributed by atoms with Crippen LogP contribution < -0.4 is 10.1 Å². The van der Waals surface area contributed by atoms with Gasteiger partial charge in [0, 0.05) is 17.5 Å². The summed E-state index contributed by atoms with van der Waals surface area (Å²) in [4.78, 5) is 0. The molecule has 1 atom stereocenters. The van der Waals surface area contributed by atoms with Gasteiger partial charge < -0.3 is 14.5 Å². The molecule has 3 rings (SSSR count). The van der Waals surface area contributed by atoms with E-state index in [9.17, 15) is 0 Å². The van der Waals surface area contributed by atoms with E-state index in [2.05, 4.69) is 36.5 Å². The maximum Gasteiger partial charge on any atom is 0.127 e. The fourth-order valence-corrected chi connectivity index (χ4v) is 3.00. The van der Waals surface area contributed by atoms with Crippen LogP contribution in [0, 0.1) is 13.8 Å². The minimum absolute atomic E-state index is 0.130. The first-order chi connectivity index (χ1) is 9.70. The summed E-state index contributed by atoms with van der Waals surface area (Å²) in [5.41, 5.74) is 3.72. The van der Waals surface area contributed by atoms with Crippen LogP contribution >= 0.6 is 0 Å². The third-order valence-corrected chi connectivity index (χ3v) is 3.85. The third-order valence-electron chi connectivity index (χ3n) is 3.85. The molecule has 1 aromatic carbocycles. The van der Waals surface area contributed by atoms with E-state index in [0.29, 0.717) is 0 Å². The highest BCUT2D eigenvalue weighted by atomic mass is 16.5. The highest BCUT2D eigenvalue weighted by Crippen LogP contribution is 2.37. The number of ether oxygens (including phenoxy) is 1. The molecule has 0 spiro atoms. The zero-order valence-electron chi connectivity index (χ0n) is 12.3. The molecule has 0 radical (unpaired) electrons. The van der Waals surface area contributed by atoms with E-state index in [0.717, 1.165) is 36.8 Å². The number of hydrogen-bond acceptors (Lipinski definition) is 3. The maximum atomic E-state index is 5.85. The van der Waals surface area contributed by atoms with Crippen molar-refractivity contribution in [1.29, 1.82) is 0 Å². The molecule has 0 saturated heterocycles. The fourth-order valence-electron chi connectivity index (χ4n) is 3.00. The van der Waals surface area contributed by atoms with E-state index >= 15 is 0 Å². The Hall–Kier alpha value is -1.74. The van der Waals surface area contributed by atoms with Gasteiger partial charge in [0.2, 0.25) is 0 Å². The van der Waals surface area contributed by atoms with Gasteiger partial charge in [-0.3, -0.25) is 0 Å². The van der Waals surface area contributed by atoms with E-state index in [1.165, 1.54) is 16.7 Å². The summed E-state index contributed by atoms with van der Waals surface area (Å²) in [6.07, 6.45) is 1.01. The van der Waals surface area contributed by atoms with Crippen LogP contribution in [0.2, 0.25) is 0 Å². The van der Waals surface area contributed by atoms with E-state index in [1.807, 2.05) is 13.8 Å². The van der Waals surface area contributed by atoms with E-state index in [4.69, 9.17) is 9.15 Å². The Kier molecular flexibility index (Phi) is 3.53. The molecule has 0 fully saturated rings. The van der Waals surface area contributed by atoms with E-state index in [1.54, 1.807) is 0 Å². The molecule has 1 aliphatic heterocycles. The summed E-state index contributed by atoms with van der Waals surface area (Å²) >= 11 is 0. The van der Waals surface area contributed by atoms with Crippen molar-refractivity contribution in [3.63, 3.8) is 0 Å². The third kappa shape index (κ3) is 2.22. The number of furan rings is 1. The van der Waals surface area contributed by atoms with Crippen molar-refractivity contribution in [3.8, 4) is 5.75 Å². The zero-order chi connectivity index (χ0) is 14.1. The number of nitrogens with one attached hydrogen (secondary N) is 1. The van der Waals surface area contributed by atoms with Crippen LogP contribution in [0.15, 0.2) is 28.7 Å². The predicted octanol–water partition coefficient (Wildman–Crippen LogP) is 3.53. The zero-order valence-corrected chi connectivity index (χ0v) is 12.3. The van der Waals surface area contributed by atoms with E-state index < -0.39 is 0 Å². The lowest BCUT2D eigenvalue weighted by atomic mass is 9.96. The maximum absolute atomic E-state index is 5.85. The highest BCUT2D eigenvalue weighted by molar-refractivity contribution is 5.49. The average molecular weight is 271 g/mol. The summed E-state index contributed by atoms with van der Waals surface area (Å²) in [5.74, 6) is 2.98. The Balaban J connectivity index is 2.08. The van der Waals surface area contributed by atoms with Gasteiger partial charge in [0.25, 0.3) is 0 Å². The number of rotatable bonds is 4. The largest absolute Gasteiger partial charge is 0.493 e. The molecule has 2 aromatic rings. The quantitative estimate of drug-likeness (QED) is 0.923. The van der Waals surface area contributed by atoms with Crippen LogP contribution in [0.5, 0.6) is 5.75 Å². The van der Waals surface area contributed by atoms with Gasteiger partial charge in [-0.2, -0.15) is 0 Å². The molecule has 1 N–H and O–H groups in total. The first kappa shape index (κ1) is 13.3. The SMILES string of the molecule is CCNC(c1cc(C)oc1C)c1cccc2c1OCC2. The standard InChI is InChI=1S/C17H21NO2/c1-4-18-16(15-10-11(2)20-12(15)3)14-7-5-6-13-8-9-19-17(13)14/h5-7,10,16,18H,4,8-9H2,1-3H3. The Labute approximate surface area is 119 Å². The van der Waals surface area contributed by atoms with Crippen LogP contribution in [-0.2, 0) is 6.42 Å². The minimum Gasteiger partial charge on any atom is -0.493 e. The second-order valence-electron chi connectivity index (χ2n) is 5.29. The molecule has 0 aliphatic carbocycles. The number of benzene rings is 1. The highest BCUT2D eigenvalue weighted by Gasteiger charge is 2.25. The summed E-state index contributed by atoms with van der Waals surface area (Å²) in [5, 5.41) is 3.56. The molecule has 1 aromatic heterocycles. The van der Waals surface area contributed by atoms with Crippen molar-refractivity contribution in [1.82, 2.24) is 5.32 Å². The van der Waals surface area contributed by atoms with Crippen molar-refractivity contribution < 1.29 is 9.15 Å². The van der Waals surface area contributed by atoms with Gasteiger partial charge in [-0.15, -0.1) is 0 Å². The molecule has 2 heterocycles. The molecule has 3 nitrogen and oxygen atoms in total. The minimum atomic E-state index is 0.130. The van der Waals surface area contributed by atoms with Crippen molar-refractivity contribution in [2.24, 2.45) is 0 Å². The lowest BCUT2D eigenvalue weighted by Crippen LogP contribution is -2.22. The van der Waals surface area contributed by atoms with Crippen LogP contribution in [0.25, 0.3) is 0 Å². The van der Waals surface area contributed by atoms with Gasteiger partial charge in [-0.25, -0.2) is 0 Å². The molecule has 1 unspecified atom stereocenters. The number of para-hydroxylation sites is 1. The number of hydrogen-bond donors (Lipinski definition) is 1. The second-order valence-corrected chi connectivity index (χ2v) is 5.29. The molecule has 1 aliphatic rings. The predicted molar refractivity (Wildman–Crippen MR) is 79.3 cm³/mol. The van der Waals surface area contributed by atoms with Gasteiger partial charge in [0.1, 0.15) is 17.3 Å². The van der Waals surface area contributed by atoms with Gasteiger partial charge in [-0.1, -0.05) is 25.1 Å². The van der Waals surface area contributed by atoms with Crippen molar-refractivity contribution in [2.45, 2.75) is 33.2 Å². The summed E-state index contributed by atoms with van der Waals surface area (Å²) in [7, 11) is 0. The van der Waals surface area contributed by atoms with E-state index in [-0.39, 0.29) is 6.04 Å². The molecule has 0 bridgehead atoms. The number of fused-ring (bicyclic) bond motifs is 1.